The number of benzene rings is 3. The maximum atomic E-state index is 13.4. The number of non-ortho nitro benzene ring substituents is 1. The first-order chi connectivity index (χ1) is 17.4. The molecule has 1 atom stereocenters. The van der Waals surface area contributed by atoms with Crippen molar-refractivity contribution in [2.24, 2.45) is 0 Å². The van der Waals surface area contributed by atoms with Gasteiger partial charge in [-0.1, -0.05) is 48.5 Å². The highest BCUT2D eigenvalue weighted by molar-refractivity contribution is 7.07. The number of nitrogens with one attached hydrogen (secondary N) is 1. The van der Waals surface area contributed by atoms with Crippen LogP contribution < -0.4 is 20.1 Å². The van der Waals surface area contributed by atoms with Gasteiger partial charge in [0.2, 0.25) is 0 Å². The number of amides is 1. The van der Waals surface area contributed by atoms with Gasteiger partial charge in [-0.25, -0.2) is 0 Å². The molecule has 0 bridgehead atoms. The van der Waals surface area contributed by atoms with Crippen LogP contribution in [0.15, 0.2) is 89.7 Å². The van der Waals surface area contributed by atoms with Crippen molar-refractivity contribution in [2.45, 2.75) is 13.0 Å². The van der Waals surface area contributed by atoms with Gasteiger partial charge in [0.1, 0.15) is 10.7 Å². The molecule has 1 amide bonds. The number of nitro benzene ring substituents is 1. The number of aromatic nitrogens is 1. The maximum absolute atomic E-state index is 13.4. The molecule has 8 nitrogen and oxygen atoms in total. The summed E-state index contributed by atoms with van der Waals surface area (Å²) in [6, 6.07) is 25.5. The molecule has 36 heavy (non-hydrogen) atoms. The van der Waals surface area contributed by atoms with Gasteiger partial charge < -0.3 is 5.32 Å². The van der Waals surface area contributed by atoms with Crippen molar-refractivity contribution in [3.63, 3.8) is 0 Å². The predicted molar refractivity (Wildman–Crippen MR) is 138 cm³/mol. The van der Waals surface area contributed by atoms with Crippen LogP contribution in [0.2, 0.25) is 0 Å². The molecule has 1 aromatic heterocycles. The Morgan fingerprint density at radius 2 is 1.67 bits per heavy atom. The van der Waals surface area contributed by atoms with E-state index >= 15 is 0 Å². The van der Waals surface area contributed by atoms with Crippen molar-refractivity contribution in [2.75, 3.05) is 0 Å². The maximum Gasteiger partial charge on any atom is 0.273 e. The second-order valence-electron chi connectivity index (χ2n) is 7.83. The van der Waals surface area contributed by atoms with E-state index in [1.165, 1.54) is 28.8 Å². The minimum absolute atomic E-state index is 0.0648. The lowest BCUT2D eigenvalue weighted by molar-refractivity contribution is -0.384. The van der Waals surface area contributed by atoms with E-state index in [-0.39, 0.29) is 26.5 Å². The fraction of sp³-hybridized carbons (Fsp3) is 0.0741. The van der Waals surface area contributed by atoms with Crippen LogP contribution in [0.25, 0.3) is 17.3 Å². The molecule has 178 valence electrons. The van der Waals surface area contributed by atoms with Crippen LogP contribution in [0.4, 0.5) is 5.69 Å². The van der Waals surface area contributed by atoms with Gasteiger partial charge in [-0.05, 0) is 48.4 Å². The number of hydrogen-bond acceptors (Lipinski definition) is 6. The number of rotatable bonds is 6. The molecule has 0 saturated carbocycles. The van der Waals surface area contributed by atoms with Crippen molar-refractivity contribution in [3.8, 4) is 11.8 Å². The number of nitrogens with zero attached hydrogens (tertiary/aromatic N) is 3. The molecule has 9 heteroatoms. The number of thiazole rings is 1. The molecule has 0 saturated heterocycles. The van der Waals surface area contributed by atoms with Crippen molar-refractivity contribution in [1.29, 1.82) is 5.26 Å². The van der Waals surface area contributed by atoms with Gasteiger partial charge in [0, 0.05) is 12.1 Å². The molecule has 4 rings (SSSR count). The Balaban J connectivity index is 1.87. The lowest BCUT2D eigenvalue weighted by atomic mass is 10.1. The van der Waals surface area contributed by atoms with Gasteiger partial charge in [-0.3, -0.25) is 24.3 Å². The van der Waals surface area contributed by atoms with E-state index in [1.54, 1.807) is 36.4 Å². The van der Waals surface area contributed by atoms with Gasteiger partial charge >= 0.3 is 0 Å². The Kier molecular flexibility index (Phi) is 7.18. The summed E-state index contributed by atoms with van der Waals surface area (Å²) >= 11 is 1.01. The number of carbonyl (C=O) groups excluding carboxylic acids is 1. The zero-order valence-electron chi connectivity index (χ0n) is 19.1. The Bertz CT molecular complexity index is 1630. The van der Waals surface area contributed by atoms with E-state index in [9.17, 15) is 25.0 Å². The Labute approximate surface area is 209 Å². The lowest BCUT2D eigenvalue weighted by Crippen LogP contribution is -2.34. The van der Waals surface area contributed by atoms with Crippen molar-refractivity contribution < 1.29 is 9.72 Å². The van der Waals surface area contributed by atoms with Crippen LogP contribution in [0.5, 0.6) is 0 Å². The van der Waals surface area contributed by atoms with Gasteiger partial charge in [0.15, 0.2) is 5.57 Å². The zero-order valence-corrected chi connectivity index (χ0v) is 19.9. The molecule has 1 heterocycles. The summed E-state index contributed by atoms with van der Waals surface area (Å²) in [5, 5.41) is 23.7. The Morgan fingerprint density at radius 3 is 2.25 bits per heavy atom. The summed E-state index contributed by atoms with van der Waals surface area (Å²) in [5.74, 6) is -0.596. The van der Waals surface area contributed by atoms with E-state index in [0.29, 0.717) is 11.3 Å². The predicted octanol–water partition coefficient (Wildman–Crippen LogP) is 3.19. The topological polar surface area (TPSA) is 118 Å². The zero-order chi connectivity index (χ0) is 25.7. The molecule has 1 unspecified atom stereocenters. The highest BCUT2D eigenvalue weighted by Gasteiger charge is 2.19. The van der Waals surface area contributed by atoms with E-state index in [0.717, 1.165) is 16.9 Å². The van der Waals surface area contributed by atoms with Crippen molar-refractivity contribution in [3.05, 3.63) is 126 Å². The summed E-state index contributed by atoms with van der Waals surface area (Å²) in [7, 11) is 0. The summed E-state index contributed by atoms with van der Waals surface area (Å²) in [4.78, 5) is 37.0. The molecule has 0 aliphatic rings. The third kappa shape index (κ3) is 5.14. The third-order valence-electron chi connectivity index (χ3n) is 5.44. The van der Waals surface area contributed by atoms with Crippen LogP contribution in [0.1, 0.15) is 24.1 Å². The van der Waals surface area contributed by atoms with E-state index in [1.807, 2.05) is 43.3 Å². The SMILES string of the molecule is CC(NC(=O)C(C#N)=c1sc(=Cc2ccc([N+](=O)[O-])cc2)c(=O)n1-c1ccccc1)c1ccccc1. The van der Waals surface area contributed by atoms with Crippen LogP contribution in [-0.2, 0) is 4.79 Å². The van der Waals surface area contributed by atoms with E-state index < -0.39 is 16.4 Å². The smallest absolute Gasteiger partial charge is 0.273 e. The lowest BCUT2D eigenvalue weighted by Gasteiger charge is -2.13. The average molecular weight is 497 g/mol. The number of nitro groups is 1. The standard InChI is InChI=1S/C27H20N4O4S/c1-18(20-8-4-2-5-9-20)29-25(32)23(17-28)27-30(21-10-6-3-7-11-21)26(33)24(36-27)16-19-12-14-22(15-13-19)31(34)35/h2-16,18H,1H3,(H,29,32). The molecule has 3 aromatic carbocycles. The van der Waals surface area contributed by atoms with Gasteiger partial charge in [-0.15, -0.1) is 11.3 Å². The van der Waals surface area contributed by atoms with E-state index in [2.05, 4.69) is 5.32 Å². The molecule has 4 aromatic rings. The minimum atomic E-state index is -0.596. The summed E-state index contributed by atoms with van der Waals surface area (Å²) in [6.07, 6.45) is 1.58. The first-order valence-electron chi connectivity index (χ1n) is 10.9. The van der Waals surface area contributed by atoms with Crippen molar-refractivity contribution in [1.82, 2.24) is 9.88 Å². The molecule has 0 fully saturated rings. The summed E-state index contributed by atoms with van der Waals surface area (Å²) < 4.78 is 1.81. The fourth-order valence-corrected chi connectivity index (χ4v) is 4.70. The number of para-hydroxylation sites is 1. The molecule has 0 aliphatic carbocycles. The Hall–Kier alpha value is -4.81. The fourth-order valence-electron chi connectivity index (χ4n) is 3.59. The number of hydrogen-bond donors (Lipinski definition) is 1. The molecule has 1 N–H and O–H groups in total. The largest absolute Gasteiger partial charge is 0.345 e. The molecular weight excluding hydrogens is 476 g/mol. The quantitative estimate of drug-likeness (QED) is 0.325. The van der Waals surface area contributed by atoms with Crippen LogP contribution in [0.3, 0.4) is 0 Å². The highest BCUT2D eigenvalue weighted by atomic mass is 32.1. The second-order valence-corrected chi connectivity index (χ2v) is 8.86. The number of nitriles is 1. The van der Waals surface area contributed by atoms with Crippen molar-refractivity contribution >= 4 is 34.6 Å². The van der Waals surface area contributed by atoms with Gasteiger partial charge in [0.25, 0.3) is 17.2 Å². The molecule has 0 spiro atoms. The molecule has 0 aliphatic heterocycles. The van der Waals surface area contributed by atoms with Gasteiger partial charge in [-0.2, -0.15) is 5.26 Å². The number of carbonyl (C=O) groups is 1. The minimum Gasteiger partial charge on any atom is -0.345 e. The normalized spacial score (nSPS) is 12.9. The first kappa shape index (κ1) is 24.3. The van der Waals surface area contributed by atoms with Crippen LogP contribution in [-0.4, -0.2) is 15.4 Å². The Morgan fingerprint density at radius 1 is 1.06 bits per heavy atom. The van der Waals surface area contributed by atoms with Crippen LogP contribution in [0, 0.1) is 21.4 Å². The van der Waals surface area contributed by atoms with Gasteiger partial charge in [0.05, 0.1) is 21.2 Å². The van der Waals surface area contributed by atoms with Crippen LogP contribution >= 0.6 is 11.3 Å². The molecule has 0 radical (unpaired) electrons. The summed E-state index contributed by atoms with van der Waals surface area (Å²) in [5.41, 5.74) is 1.30. The van der Waals surface area contributed by atoms with E-state index in [4.69, 9.17) is 0 Å². The third-order valence-corrected chi connectivity index (χ3v) is 6.53. The second kappa shape index (κ2) is 10.6. The first-order valence-corrected chi connectivity index (χ1v) is 11.7. The molecular formula is C27H20N4O4S. The highest BCUT2D eigenvalue weighted by Crippen LogP contribution is 2.13. The summed E-state index contributed by atoms with van der Waals surface area (Å²) in [6.45, 7) is 1.81. The average Bonchev–Trinajstić information content (AvgIpc) is 3.21. The monoisotopic (exact) mass is 496 g/mol.